The van der Waals surface area contributed by atoms with Crippen molar-refractivity contribution in [2.75, 3.05) is 43.4 Å². The maximum atomic E-state index is 11.5. The molecule has 0 saturated carbocycles. The summed E-state index contributed by atoms with van der Waals surface area (Å²) in [5, 5.41) is 14.8. The highest BCUT2D eigenvalue weighted by atomic mass is 35.5. The Hall–Kier alpha value is -4.78. The summed E-state index contributed by atoms with van der Waals surface area (Å²) in [5.74, 6) is 0.939. The van der Waals surface area contributed by atoms with Crippen molar-refractivity contribution in [1.82, 2.24) is 9.88 Å². The standard InChI is InChI=1S/C38H41ClN6O3/c1-3-25-4-6-27(7-5-25)24-47-35-9-8-29(19-32(35)39)43-38-28(22-40)23-42-33-21-36(48-30-12-14-44(2)15-13-30)34(20-31(33)38)45-16-10-26(11-17-45)18-37(41)46/h4-9,18-21,23,30H,3,10-17,24H2,1-2H3,(H2,41,46)(H,42,43). The highest BCUT2D eigenvalue weighted by molar-refractivity contribution is 6.32. The number of amides is 1. The Morgan fingerprint density at radius 1 is 1.06 bits per heavy atom. The first kappa shape index (κ1) is 33.1. The number of aryl methyl sites for hydroxylation is 1. The van der Waals surface area contributed by atoms with Gasteiger partial charge in [0.25, 0.3) is 0 Å². The Morgan fingerprint density at radius 2 is 1.79 bits per heavy atom. The van der Waals surface area contributed by atoms with Gasteiger partial charge < -0.3 is 30.3 Å². The summed E-state index contributed by atoms with van der Waals surface area (Å²) in [4.78, 5) is 20.8. The minimum Gasteiger partial charge on any atom is -0.488 e. The highest BCUT2D eigenvalue weighted by Crippen LogP contribution is 2.41. The number of nitrogens with zero attached hydrogens (tertiary/aromatic N) is 4. The van der Waals surface area contributed by atoms with E-state index in [0.717, 1.165) is 84.4 Å². The van der Waals surface area contributed by atoms with E-state index in [-0.39, 0.29) is 6.10 Å². The molecule has 3 N–H and O–H groups in total. The zero-order chi connectivity index (χ0) is 33.6. The third-order valence-corrected chi connectivity index (χ3v) is 9.44. The van der Waals surface area contributed by atoms with E-state index in [1.54, 1.807) is 18.3 Å². The Kier molecular flexibility index (Phi) is 10.3. The van der Waals surface area contributed by atoms with E-state index in [1.165, 1.54) is 5.56 Å². The van der Waals surface area contributed by atoms with Crippen LogP contribution in [0.1, 0.15) is 49.3 Å². The van der Waals surface area contributed by atoms with Gasteiger partial charge in [0.1, 0.15) is 30.3 Å². The normalized spacial score (nSPS) is 15.6. The number of hydrogen-bond acceptors (Lipinski definition) is 8. The van der Waals surface area contributed by atoms with Crippen molar-refractivity contribution < 1.29 is 14.3 Å². The summed E-state index contributed by atoms with van der Waals surface area (Å²) < 4.78 is 12.7. The van der Waals surface area contributed by atoms with Crippen molar-refractivity contribution in [3.05, 3.63) is 94.2 Å². The number of halogens is 1. The van der Waals surface area contributed by atoms with Crippen LogP contribution in [-0.2, 0) is 17.8 Å². The molecule has 2 fully saturated rings. The molecule has 6 rings (SSSR count). The molecule has 0 unspecified atom stereocenters. The average molecular weight is 665 g/mol. The molecule has 1 aromatic heterocycles. The molecule has 10 heteroatoms. The number of carbonyl (C=O) groups excluding carboxylic acids is 1. The van der Waals surface area contributed by atoms with E-state index in [4.69, 9.17) is 26.8 Å². The zero-order valence-corrected chi connectivity index (χ0v) is 28.2. The molecule has 9 nitrogen and oxygen atoms in total. The van der Waals surface area contributed by atoms with Crippen molar-refractivity contribution in [3.8, 4) is 17.6 Å². The molecule has 3 aromatic carbocycles. The quantitative estimate of drug-likeness (QED) is 0.172. The van der Waals surface area contributed by atoms with E-state index < -0.39 is 5.91 Å². The maximum absolute atomic E-state index is 11.5. The number of ether oxygens (including phenoxy) is 2. The monoisotopic (exact) mass is 664 g/mol. The van der Waals surface area contributed by atoms with E-state index >= 15 is 0 Å². The summed E-state index contributed by atoms with van der Waals surface area (Å²) in [6.07, 6.45) is 7.57. The number of nitrogens with one attached hydrogen (secondary N) is 1. The van der Waals surface area contributed by atoms with Gasteiger partial charge in [-0.2, -0.15) is 5.26 Å². The molecule has 2 saturated heterocycles. The first-order chi connectivity index (χ1) is 23.3. The molecule has 0 radical (unpaired) electrons. The van der Waals surface area contributed by atoms with Gasteiger partial charge in [-0.3, -0.25) is 9.78 Å². The number of fused-ring (bicyclic) bond motifs is 1. The van der Waals surface area contributed by atoms with E-state index in [1.807, 2.05) is 18.2 Å². The number of hydrogen-bond donors (Lipinski definition) is 2. The number of benzene rings is 3. The number of aromatic nitrogens is 1. The first-order valence-electron chi connectivity index (χ1n) is 16.5. The van der Waals surface area contributed by atoms with Crippen LogP contribution in [-0.4, -0.2) is 55.1 Å². The number of nitriles is 1. The van der Waals surface area contributed by atoms with E-state index in [2.05, 4.69) is 70.5 Å². The van der Waals surface area contributed by atoms with Gasteiger partial charge in [0, 0.05) is 55.6 Å². The zero-order valence-electron chi connectivity index (χ0n) is 27.5. The van der Waals surface area contributed by atoms with Crippen LogP contribution in [0.15, 0.2) is 72.4 Å². The maximum Gasteiger partial charge on any atom is 0.241 e. The minimum atomic E-state index is -0.414. The van der Waals surface area contributed by atoms with Gasteiger partial charge in [-0.15, -0.1) is 0 Å². The summed E-state index contributed by atoms with van der Waals surface area (Å²) in [7, 11) is 2.13. The number of anilines is 3. The van der Waals surface area contributed by atoms with Crippen LogP contribution in [0, 0.1) is 11.3 Å². The fourth-order valence-electron chi connectivity index (χ4n) is 6.30. The van der Waals surface area contributed by atoms with Crippen molar-refractivity contribution >= 4 is 45.5 Å². The SMILES string of the molecule is CCc1ccc(COc2ccc(Nc3c(C#N)cnc4cc(OC5CCN(C)CC5)c(N5CCC(=CC(N)=O)CC5)cc34)cc2Cl)cc1. The molecule has 0 aliphatic carbocycles. The smallest absolute Gasteiger partial charge is 0.241 e. The minimum absolute atomic E-state index is 0.0991. The molecule has 0 bridgehead atoms. The van der Waals surface area contributed by atoms with Crippen LogP contribution < -0.4 is 25.4 Å². The second-order valence-electron chi connectivity index (χ2n) is 12.5. The Balaban J connectivity index is 1.30. The van der Waals surface area contributed by atoms with Crippen LogP contribution >= 0.6 is 11.6 Å². The molecule has 48 heavy (non-hydrogen) atoms. The second-order valence-corrected chi connectivity index (χ2v) is 12.9. The predicted octanol–water partition coefficient (Wildman–Crippen LogP) is 7.13. The Labute approximate surface area is 286 Å². The van der Waals surface area contributed by atoms with E-state index in [0.29, 0.717) is 41.7 Å². The molecule has 0 spiro atoms. The Bertz CT molecular complexity index is 1850. The molecular weight excluding hydrogens is 624 g/mol. The molecule has 248 valence electrons. The summed E-state index contributed by atoms with van der Waals surface area (Å²) in [6, 6.07) is 20.3. The lowest BCUT2D eigenvalue weighted by Crippen LogP contribution is -2.36. The third-order valence-electron chi connectivity index (χ3n) is 9.15. The van der Waals surface area contributed by atoms with Gasteiger partial charge in [-0.25, -0.2) is 0 Å². The third kappa shape index (κ3) is 7.84. The number of likely N-dealkylation sites (tertiary alicyclic amines) is 1. The van der Waals surface area contributed by atoms with Gasteiger partial charge in [-0.1, -0.05) is 48.4 Å². The van der Waals surface area contributed by atoms with Gasteiger partial charge in [-0.05, 0) is 74.5 Å². The Morgan fingerprint density at radius 3 is 2.46 bits per heavy atom. The van der Waals surface area contributed by atoms with Crippen LogP contribution in [0.4, 0.5) is 17.1 Å². The largest absolute Gasteiger partial charge is 0.488 e. The van der Waals surface area contributed by atoms with Crippen molar-refractivity contribution in [3.63, 3.8) is 0 Å². The number of pyridine rings is 1. The van der Waals surface area contributed by atoms with Crippen LogP contribution in [0.2, 0.25) is 5.02 Å². The average Bonchev–Trinajstić information content (AvgIpc) is 3.09. The first-order valence-corrected chi connectivity index (χ1v) is 16.9. The predicted molar refractivity (Wildman–Crippen MR) is 191 cm³/mol. The molecular formula is C38H41ClN6O3. The fraction of sp³-hybridized carbons (Fsp3) is 0.342. The molecule has 4 aromatic rings. The lowest BCUT2D eigenvalue weighted by molar-refractivity contribution is -0.113. The number of carbonyl (C=O) groups is 1. The van der Waals surface area contributed by atoms with Gasteiger partial charge >= 0.3 is 0 Å². The van der Waals surface area contributed by atoms with Crippen LogP contribution in [0.5, 0.6) is 11.5 Å². The fourth-order valence-corrected chi connectivity index (χ4v) is 6.54. The number of nitrogens with two attached hydrogens (primary N) is 1. The van der Waals surface area contributed by atoms with Crippen LogP contribution in [0.3, 0.4) is 0 Å². The van der Waals surface area contributed by atoms with Crippen molar-refractivity contribution in [1.29, 1.82) is 5.26 Å². The van der Waals surface area contributed by atoms with Gasteiger partial charge in [0.2, 0.25) is 5.91 Å². The van der Waals surface area contributed by atoms with Crippen LogP contribution in [0.25, 0.3) is 10.9 Å². The summed E-state index contributed by atoms with van der Waals surface area (Å²) >= 11 is 6.69. The number of piperidine rings is 2. The summed E-state index contributed by atoms with van der Waals surface area (Å²) in [6.45, 7) is 5.92. The number of rotatable bonds is 10. The number of primary amides is 1. The second kappa shape index (κ2) is 15.0. The molecule has 1 amide bonds. The lowest BCUT2D eigenvalue weighted by atomic mass is 10.0. The van der Waals surface area contributed by atoms with Gasteiger partial charge in [0.15, 0.2) is 0 Å². The van der Waals surface area contributed by atoms with Crippen molar-refractivity contribution in [2.45, 2.75) is 51.7 Å². The van der Waals surface area contributed by atoms with E-state index in [9.17, 15) is 10.1 Å². The molecule has 3 heterocycles. The summed E-state index contributed by atoms with van der Waals surface area (Å²) in [5.41, 5.74) is 12.3. The highest BCUT2D eigenvalue weighted by Gasteiger charge is 2.25. The van der Waals surface area contributed by atoms with Gasteiger partial charge in [0.05, 0.1) is 27.5 Å². The topological polar surface area (TPSA) is 117 Å². The molecule has 0 atom stereocenters. The molecule has 2 aliphatic heterocycles. The lowest BCUT2D eigenvalue weighted by Gasteiger charge is -2.34. The van der Waals surface area contributed by atoms with Crippen molar-refractivity contribution in [2.24, 2.45) is 5.73 Å². The molecule has 2 aliphatic rings.